The zero-order valence-electron chi connectivity index (χ0n) is 28.5. The molecule has 1 aromatic heterocycles. The van der Waals surface area contributed by atoms with E-state index in [1.54, 1.807) is 0 Å². The number of aliphatic carboxylic acids is 1. The van der Waals surface area contributed by atoms with Gasteiger partial charge in [0.1, 0.15) is 58.7 Å². The molecule has 3 aromatic rings. The Balaban J connectivity index is 1.64. The number of carboxylic acids is 1. The van der Waals surface area contributed by atoms with Crippen LogP contribution in [0.4, 0.5) is 0 Å². The summed E-state index contributed by atoms with van der Waals surface area (Å²) in [6.07, 6.45) is -19.6. The highest BCUT2D eigenvalue weighted by atomic mass is 16.8. The molecule has 2 saturated heterocycles. The number of methoxy groups -OCH3 is 1. The summed E-state index contributed by atoms with van der Waals surface area (Å²) < 4.78 is 40.1. The Morgan fingerprint density at radius 1 is 0.906 bits per heavy atom. The quantitative estimate of drug-likeness (QED) is 0.101. The predicted molar refractivity (Wildman–Crippen MR) is 175 cm³/mol. The normalized spacial score (nSPS) is 30.0. The van der Waals surface area contributed by atoms with Gasteiger partial charge in [-0.1, -0.05) is 0 Å². The molecule has 0 spiro atoms. The molecule has 0 radical (unpaired) electrons. The lowest BCUT2D eigenvalue weighted by Crippen LogP contribution is -2.65. The number of phenols is 2. The fourth-order valence-corrected chi connectivity index (χ4v) is 5.99. The van der Waals surface area contributed by atoms with Crippen molar-refractivity contribution < 1.29 is 88.4 Å². The molecule has 2 aliphatic heterocycles. The number of carbonyl (C=O) groups excluding carboxylic acids is 1. The van der Waals surface area contributed by atoms with Crippen molar-refractivity contribution in [1.82, 2.24) is 0 Å². The predicted octanol–water partition coefficient (Wildman–Crippen LogP) is -0.923. The van der Waals surface area contributed by atoms with Gasteiger partial charge in [0.05, 0.1) is 38.3 Å². The zero-order chi connectivity index (χ0) is 38.9. The monoisotopic (exact) mass is 752 g/mol. The van der Waals surface area contributed by atoms with E-state index in [9.17, 15) is 55.2 Å². The van der Waals surface area contributed by atoms with Crippen LogP contribution < -0.4 is 14.9 Å². The first kappa shape index (κ1) is 39.6. The third-order valence-corrected chi connectivity index (χ3v) is 8.73. The van der Waals surface area contributed by atoms with Crippen molar-refractivity contribution in [2.45, 2.75) is 93.7 Å². The molecule has 53 heavy (non-hydrogen) atoms. The number of phenolic OH excluding ortho intramolecular Hbond substituents is 2. The van der Waals surface area contributed by atoms with Crippen molar-refractivity contribution in [3.05, 3.63) is 46.6 Å². The number of carbonyl (C=O) groups is 2. The highest BCUT2D eigenvalue weighted by Crippen LogP contribution is 2.39. The van der Waals surface area contributed by atoms with Gasteiger partial charge in [0.15, 0.2) is 24.3 Å². The Morgan fingerprint density at radius 3 is 2.21 bits per heavy atom. The summed E-state index contributed by atoms with van der Waals surface area (Å²) in [6.45, 7) is 1.45. The van der Waals surface area contributed by atoms with Gasteiger partial charge in [0.25, 0.3) is 0 Å². The van der Waals surface area contributed by atoms with Gasteiger partial charge in [0.2, 0.25) is 17.5 Å². The SMILES string of the molecule is COc1cc(O)c2c(=O)c(O[C@@H]3O[C@H](CO)[C@H](O)[C@H](OC(=O)CC(C)(O)CC(=O)O)[C@H]3O[C@@H]3O[C@@H](C)[C@H](O)[C@@H](O)[C@H]3O)c(-c3ccc(O)cc3)oc2c1. The highest BCUT2D eigenvalue weighted by molar-refractivity contribution is 5.88. The number of ether oxygens (including phenoxy) is 6. The Morgan fingerprint density at radius 2 is 1.58 bits per heavy atom. The van der Waals surface area contributed by atoms with Gasteiger partial charge in [-0.15, -0.1) is 0 Å². The molecule has 0 amide bonds. The average Bonchev–Trinajstić information content (AvgIpc) is 3.08. The molecule has 3 heterocycles. The number of carboxylic acid groups (broad SMARTS) is 1. The van der Waals surface area contributed by atoms with E-state index in [1.807, 2.05) is 0 Å². The molecular formula is C34H40O19. The van der Waals surface area contributed by atoms with Crippen molar-refractivity contribution in [2.75, 3.05) is 13.7 Å². The largest absolute Gasteiger partial charge is 0.508 e. The molecule has 290 valence electrons. The van der Waals surface area contributed by atoms with Crippen LogP contribution in [0.3, 0.4) is 0 Å². The third kappa shape index (κ3) is 8.48. The van der Waals surface area contributed by atoms with Crippen LogP contribution in [0.1, 0.15) is 26.7 Å². The second-order valence-corrected chi connectivity index (χ2v) is 13.0. The number of hydrogen-bond acceptors (Lipinski definition) is 18. The van der Waals surface area contributed by atoms with Crippen LogP contribution in [0.2, 0.25) is 0 Å². The summed E-state index contributed by atoms with van der Waals surface area (Å²) >= 11 is 0. The highest BCUT2D eigenvalue weighted by Gasteiger charge is 2.53. The minimum atomic E-state index is -2.13. The van der Waals surface area contributed by atoms with E-state index in [4.69, 9.17) is 37.9 Å². The summed E-state index contributed by atoms with van der Waals surface area (Å²) in [5.74, 6) is -4.30. The standard InChI is InChI=1S/C34H40O19/c1-13-23(41)26(44)27(45)32(48-13)53-31-29(51-21(40)11-34(2,46)10-20(38)39)24(42)19(12-35)50-33(31)52-30-25(43)22-17(37)8-16(47-3)9-18(22)49-28(30)14-4-6-15(36)7-5-14/h4-9,13,19,23-24,26-27,29,31-33,35-37,41-42,44-46H,10-12H2,1-3H3,(H,38,39)/t13-,19+,23-,24-,26+,27+,29-,31+,32-,33-,34?/m0/s1. The molecule has 19 heteroatoms. The first-order chi connectivity index (χ1) is 24.9. The Labute approximate surface area is 299 Å². The lowest BCUT2D eigenvalue weighted by atomic mass is 9.96. The fraction of sp³-hybridized carbons (Fsp3) is 0.500. The maximum atomic E-state index is 14.2. The summed E-state index contributed by atoms with van der Waals surface area (Å²) in [5, 5.41) is 92.9. The number of benzene rings is 2. The maximum Gasteiger partial charge on any atom is 0.309 e. The van der Waals surface area contributed by atoms with E-state index in [0.717, 1.165) is 13.0 Å². The molecule has 0 saturated carbocycles. The summed E-state index contributed by atoms with van der Waals surface area (Å²) in [6, 6.07) is 7.69. The van der Waals surface area contributed by atoms with Gasteiger partial charge in [-0.2, -0.15) is 0 Å². The first-order valence-electron chi connectivity index (χ1n) is 16.2. The molecule has 9 N–H and O–H groups in total. The molecule has 11 atom stereocenters. The summed E-state index contributed by atoms with van der Waals surface area (Å²) in [4.78, 5) is 38.6. The van der Waals surface area contributed by atoms with Gasteiger partial charge in [-0.05, 0) is 38.1 Å². The van der Waals surface area contributed by atoms with Gasteiger partial charge in [0, 0.05) is 17.7 Å². The summed E-state index contributed by atoms with van der Waals surface area (Å²) in [5.41, 5.74) is -3.15. The summed E-state index contributed by atoms with van der Waals surface area (Å²) in [7, 11) is 1.31. The Hall–Kier alpha value is -4.57. The number of hydrogen-bond donors (Lipinski definition) is 9. The number of aromatic hydroxyl groups is 2. The number of rotatable bonds is 12. The minimum absolute atomic E-state index is 0.117. The molecular weight excluding hydrogens is 712 g/mol. The van der Waals surface area contributed by atoms with Crippen molar-refractivity contribution in [2.24, 2.45) is 0 Å². The van der Waals surface area contributed by atoms with E-state index in [0.29, 0.717) is 0 Å². The average molecular weight is 753 g/mol. The van der Waals surface area contributed by atoms with Crippen molar-refractivity contribution in [3.63, 3.8) is 0 Å². The van der Waals surface area contributed by atoms with Gasteiger partial charge in [-0.3, -0.25) is 14.4 Å². The van der Waals surface area contributed by atoms with Crippen LogP contribution in [-0.4, -0.2) is 139 Å². The smallest absolute Gasteiger partial charge is 0.309 e. The maximum absolute atomic E-state index is 14.2. The molecule has 0 bridgehead atoms. The second kappa shape index (κ2) is 15.8. The van der Waals surface area contributed by atoms with E-state index < -0.39 is 121 Å². The lowest BCUT2D eigenvalue weighted by Gasteiger charge is -2.46. The number of aliphatic hydroxyl groups excluding tert-OH is 5. The van der Waals surface area contributed by atoms with Gasteiger partial charge < -0.3 is 78.8 Å². The van der Waals surface area contributed by atoms with Crippen molar-refractivity contribution in [1.29, 1.82) is 0 Å². The van der Waals surface area contributed by atoms with E-state index in [1.165, 1.54) is 44.4 Å². The molecule has 19 nitrogen and oxygen atoms in total. The van der Waals surface area contributed by atoms with Crippen LogP contribution in [0.5, 0.6) is 23.0 Å². The van der Waals surface area contributed by atoms with Crippen LogP contribution in [0.15, 0.2) is 45.6 Å². The number of aliphatic hydroxyl groups is 6. The van der Waals surface area contributed by atoms with E-state index in [2.05, 4.69) is 0 Å². The van der Waals surface area contributed by atoms with Crippen LogP contribution in [0.25, 0.3) is 22.3 Å². The van der Waals surface area contributed by atoms with Crippen molar-refractivity contribution >= 4 is 22.9 Å². The lowest BCUT2D eigenvalue weighted by molar-refractivity contribution is -0.355. The molecule has 1 unspecified atom stereocenters. The minimum Gasteiger partial charge on any atom is -0.508 e. The van der Waals surface area contributed by atoms with Crippen LogP contribution in [0, 0.1) is 0 Å². The van der Waals surface area contributed by atoms with Gasteiger partial charge in [-0.25, -0.2) is 0 Å². The van der Waals surface area contributed by atoms with Gasteiger partial charge >= 0.3 is 11.9 Å². The van der Waals surface area contributed by atoms with Crippen LogP contribution in [-0.2, 0) is 28.5 Å². The third-order valence-electron chi connectivity index (χ3n) is 8.73. The zero-order valence-corrected chi connectivity index (χ0v) is 28.5. The molecule has 2 fully saturated rings. The van der Waals surface area contributed by atoms with E-state index in [-0.39, 0.29) is 28.4 Å². The molecule has 0 aliphatic carbocycles. The number of esters is 1. The van der Waals surface area contributed by atoms with Crippen LogP contribution >= 0.6 is 0 Å². The first-order valence-corrected chi connectivity index (χ1v) is 16.2. The molecule has 2 aromatic carbocycles. The van der Waals surface area contributed by atoms with Crippen molar-refractivity contribution in [3.8, 4) is 34.3 Å². The van der Waals surface area contributed by atoms with E-state index >= 15 is 0 Å². The fourth-order valence-electron chi connectivity index (χ4n) is 5.99. The second-order valence-electron chi connectivity index (χ2n) is 13.0. The number of fused-ring (bicyclic) bond motifs is 1. The Bertz CT molecular complexity index is 1840. The topological polar surface area (TPSA) is 302 Å². The molecule has 5 rings (SSSR count). The molecule has 2 aliphatic rings. The Kier molecular flexibility index (Phi) is 11.8.